The van der Waals surface area contributed by atoms with E-state index in [1.54, 1.807) is 13.2 Å². The lowest BCUT2D eigenvalue weighted by Crippen LogP contribution is -2.36. The number of aromatic nitrogens is 1. The van der Waals surface area contributed by atoms with Crippen LogP contribution in [0.2, 0.25) is 5.15 Å². The highest BCUT2D eigenvalue weighted by Crippen LogP contribution is 2.27. The van der Waals surface area contributed by atoms with Gasteiger partial charge in [-0.25, -0.2) is 4.98 Å². The molecule has 0 aliphatic carbocycles. The highest BCUT2D eigenvalue weighted by atomic mass is 35.5. The first-order valence-corrected chi connectivity index (χ1v) is 8.54. The number of methoxy groups -OCH3 is 1. The van der Waals surface area contributed by atoms with Gasteiger partial charge in [-0.1, -0.05) is 35.9 Å². The Morgan fingerprint density at radius 1 is 1.16 bits per heavy atom. The number of halogens is 1. The molecule has 3 aromatic rings. The average Bonchev–Trinajstić information content (AvgIpc) is 2.65. The SMILES string of the molecule is COc1ccc2c(c1)CN(C(=O)c1cc(Cl)nc3ccccc13)CC2. The number of hydrogen-bond donors (Lipinski definition) is 0. The maximum absolute atomic E-state index is 13.1. The zero-order chi connectivity index (χ0) is 17.4. The lowest BCUT2D eigenvalue weighted by atomic mass is 9.98. The number of para-hydroxylation sites is 1. The number of amides is 1. The largest absolute Gasteiger partial charge is 0.497 e. The van der Waals surface area contributed by atoms with Crippen LogP contribution in [0.5, 0.6) is 5.75 Å². The maximum atomic E-state index is 13.1. The van der Waals surface area contributed by atoms with E-state index in [4.69, 9.17) is 16.3 Å². The van der Waals surface area contributed by atoms with Gasteiger partial charge in [0.25, 0.3) is 5.91 Å². The summed E-state index contributed by atoms with van der Waals surface area (Å²) in [6.45, 7) is 1.26. The summed E-state index contributed by atoms with van der Waals surface area (Å²) in [5, 5.41) is 1.16. The van der Waals surface area contributed by atoms with Crippen molar-refractivity contribution in [2.45, 2.75) is 13.0 Å². The van der Waals surface area contributed by atoms with Gasteiger partial charge >= 0.3 is 0 Å². The fourth-order valence-corrected chi connectivity index (χ4v) is 3.52. The summed E-state index contributed by atoms with van der Waals surface area (Å²) < 4.78 is 5.30. The normalized spacial score (nSPS) is 13.6. The molecule has 0 N–H and O–H groups in total. The first kappa shape index (κ1) is 15.9. The molecule has 0 saturated carbocycles. The molecule has 0 bridgehead atoms. The van der Waals surface area contributed by atoms with Gasteiger partial charge in [-0.2, -0.15) is 0 Å². The van der Waals surface area contributed by atoms with Crippen LogP contribution in [0.4, 0.5) is 0 Å². The Bertz CT molecular complexity index is 971. The van der Waals surface area contributed by atoms with Crippen molar-refractivity contribution in [1.82, 2.24) is 9.88 Å². The fourth-order valence-electron chi connectivity index (χ4n) is 3.32. The van der Waals surface area contributed by atoms with Gasteiger partial charge in [0.15, 0.2) is 0 Å². The van der Waals surface area contributed by atoms with Crippen molar-refractivity contribution < 1.29 is 9.53 Å². The van der Waals surface area contributed by atoms with Crippen LogP contribution in [0, 0.1) is 0 Å². The molecule has 5 heteroatoms. The third-order valence-corrected chi connectivity index (χ3v) is 4.82. The Hall–Kier alpha value is -2.59. The van der Waals surface area contributed by atoms with Crippen molar-refractivity contribution in [3.05, 3.63) is 70.4 Å². The van der Waals surface area contributed by atoms with Gasteiger partial charge < -0.3 is 9.64 Å². The minimum Gasteiger partial charge on any atom is -0.497 e. The molecule has 0 unspecified atom stereocenters. The van der Waals surface area contributed by atoms with Crippen molar-refractivity contribution >= 4 is 28.4 Å². The number of rotatable bonds is 2. The van der Waals surface area contributed by atoms with E-state index in [1.807, 2.05) is 41.3 Å². The molecule has 0 atom stereocenters. The molecule has 1 aliphatic heterocycles. The molecule has 0 fully saturated rings. The number of carbonyl (C=O) groups excluding carboxylic acids is 1. The predicted octanol–water partition coefficient (Wildman–Crippen LogP) is 4.10. The Morgan fingerprint density at radius 3 is 2.84 bits per heavy atom. The monoisotopic (exact) mass is 352 g/mol. The van der Waals surface area contributed by atoms with Gasteiger partial charge in [0.05, 0.1) is 18.2 Å². The summed E-state index contributed by atoms with van der Waals surface area (Å²) in [5.74, 6) is 0.791. The number of pyridine rings is 1. The summed E-state index contributed by atoms with van der Waals surface area (Å²) in [5.41, 5.74) is 3.73. The zero-order valence-electron chi connectivity index (χ0n) is 13.8. The zero-order valence-corrected chi connectivity index (χ0v) is 14.6. The molecule has 1 aliphatic rings. The predicted molar refractivity (Wildman–Crippen MR) is 98.2 cm³/mol. The average molecular weight is 353 g/mol. The van der Waals surface area contributed by atoms with E-state index in [0.717, 1.165) is 28.6 Å². The van der Waals surface area contributed by atoms with Crippen molar-refractivity contribution in [2.24, 2.45) is 0 Å². The number of carbonyl (C=O) groups is 1. The molecule has 0 saturated heterocycles. The number of benzene rings is 2. The first-order chi connectivity index (χ1) is 12.2. The number of nitrogens with zero attached hydrogens (tertiary/aromatic N) is 2. The van der Waals surface area contributed by atoms with Gasteiger partial charge in [0.2, 0.25) is 0 Å². The molecule has 1 aromatic heterocycles. The molecule has 126 valence electrons. The number of hydrogen-bond acceptors (Lipinski definition) is 3. The summed E-state index contributed by atoms with van der Waals surface area (Å²) in [7, 11) is 1.65. The molecule has 1 amide bonds. The van der Waals surface area contributed by atoms with Gasteiger partial charge in [0, 0.05) is 18.5 Å². The highest BCUT2D eigenvalue weighted by Gasteiger charge is 2.24. The second-order valence-electron chi connectivity index (χ2n) is 6.12. The topological polar surface area (TPSA) is 42.4 Å². The molecule has 4 nitrogen and oxygen atoms in total. The van der Waals surface area contributed by atoms with Crippen molar-refractivity contribution in [1.29, 1.82) is 0 Å². The van der Waals surface area contributed by atoms with Crippen LogP contribution >= 0.6 is 11.6 Å². The molecular formula is C20H17ClN2O2. The maximum Gasteiger partial charge on any atom is 0.254 e. The summed E-state index contributed by atoms with van der Waals surface area (Å²) in [4.78, 5) is 19.3. The van der Waals surface area contributed by atoms with Crippen LogP contribution in [0.1, 0.15) is 21.5 Å². The van der Waals surface area contributed by atoms with E-state index in [9.17, 15) is 4.79 Å². The molecular weight excluding hydrogens is 336 g/mol. The Morgan fingerprint density at radius 2 is 2.00 bits per heavy atom. The molecule has 2 heterocycles. The number of fused-ring (bicyclic) bond motifs is 2. The molecule has 2 aromatic carbocycles. The van der Waals surface area contributed by atoms with E-state index < -0.39 is 0 Å². The Kier molecular flexibility index (Phi) is 4.06. The van der Waals surface area contributed by atoms with Crippen LogP contribution in [-0.2, 0) is 13.0 Å². The summed E-state index contributed by atoms with van der Waals surface area (Å²) >= 11 is 6.13. The van der Waals surface area contributed by atoms with Crippen LogP contribution in [0.3, 0.4) is 0 Å². The second kappa shape index (κ2) is 6.37. The summed E-state index contributed by atoms with van der Waals surface area (Å²) in [6, 6.07) is 15.3. The second-order valence-corrected chi connectivity index (χ2v) is 6.51. The third kappa shape index (κ3) is 2.94. The van der Waals surface area contributed by atoms with Gasteiger partial charge in [-0.15, -0.1) is 0 Å². The van der Waals surface area contributed by atoms with Gasteiger partial charge in [0.1, 0.15) is 10.9 Å². The quantitative estimate of drug-likeness (QED) is 0.652. The summed E-state index contributed by atoms with van der Waals surface area (Å²) in [6.07, 6.45) is 0.835. The number of ether oxygens (including phenoxy) is 1. The smallest absolute Gasteiger partial charge is 0.254 e. The first-order valence-electron chi connectivity index (χ1n) is 8.16. The van der Waals surface area contributed by atoms with E-state index in [-0.39, 0.29) is 5.91 Å². The molecule has 4 rings (SSSR count). The van der Waals surface area contributed by atoms with Crippen molar-refractivity contribution in [2.75, 3.05) is 13.7 Å². The van der Waals surface area contributed by atoms with E-state index in [0.29, 0.717) is 23.8 Å². The Labute approximate surface area is 151 Å². The van der Waals surface area contributed by atoms with Crippen LogP contribution in [0.15, 0.2) is 48.5 Å². The van der Waals surface area contributed by atoms with E-state index in [2.05, 4.69) is 11.1 Å². The van der Waals surface area contributed by atoms with Crippen molar-refractivity contribution in [3.8, 4) is 5.75 Å². The van der Waals surface area contributed by atoms with Gasteiger partial charge in [-0.05, 0) is 41.8 Å². The van der Waals surface area contributed by atoms with Crippen LogP contribution < -0.4 is 4.74 Å². The van der Waals surface area contributed by atoms with Crippen molar-refractivity contribution in [3.63, 3.8) is 0 Å². The van der Waals surface area contributed by atoms with E-state index in [1.165, 1.54) is 5.56 Å². The standard InChI is InChI=1S/C20H17ClN2O2/c1-25-15-7-6-13-8-9-23(12-14(13)10-15)20(24)17-11-19(21)22-18-5-3-2-4-16(17)18/h2-7,10-11H,8-9,12H2,1H3. The van der Waals surface area contributed by atoms with Crippen LogP contribution in [-0.4, -0.2) is 29.4 Å². The highest BCUT2D eigenvalue weighted by molar-refractivity contribution is 6.30. The van der Waals surface area contributed by atoms with Gasteiger partial charge in [-0.3, -0.25) is 4.79 Å². The minimum absolute atomic E-state index is 0.0195. The lowest BCUT2D eigenvalue weighted by Gasteiger charge is -2.29. The van der Waals surface area contributed by atoms with Crippen LogP contribution in [0.25, 0.3) is 10.9 Å². The molecule has 0 spiro atoms. The minimum atomic E-state index is -0.0195. The van der Waals surface area contributed by atoms with E-state index >= 15 is 0 Å². The fraction of sp³-hybridized carbons (Fsp3) is 0.200. The lowest BCUT2D eigenvalue weighted by molar-refractivity contribution is 0.0736. The molecule has 25 heavy (non-hydrogen) atoms. The third-order valence-electron chi connectivity index (χ3n) is 4.63. The molecule has 0 radical (unpaired) electrons. The Balaban J connectivity index is 1.70.